The minimum absolute atomic E-state index is 0.0172. The van der Waals surface area contributed by atoms with E-state index < -0.39 is 8.32 Å². The van der Waals surface area contributed by atoms with Crippen LogP contribution in [0.5, 0.6) is 0 Å². The molecule has 35 heavy (non-hydrogen) atoms. The van der Waals surface area contributed by atoms with Gasteiger partial charge in [-0.2, -0.15) is 0 Å². The summed E-state index contributed by atoms with van der Waals surface area (Å²) in [5, 5.41) is 2.71. The van der Waals surface area contributed by atoms with Gasteiger partial charge in [0.15, 0.2) is 0 Å². The fourth-order valence-corrected chi connectivity index (χ4v) is 12.1. The van der Waals surface area contributed by atoms with Crippen LogP contribution in [0.15, 0.2) is 84.1 Å². The van der Waals surface area contributed by atoms with Crippen LogP contribution in [-0.2, 0) is 9.16 Å². The summed E-state index contributed by atoms with van der Waals surface area (Å²) >= 11 is 0. The van der Waals surface area contributed by atoms with Crippen LogP contribution in [0.2, 0.25) is 5.04 Å². The van der Waals surface area contributed by atoms with Gasteiger partial charge in [0, 0.05) is 0 Å². The summed E-state index contributed by atoms with van der Waals surface area (Å²) in [7, 11) is -0.833. The molecule has 3 atom stereocenters. The first-order chi connectivity index (χ1) is 16.5. The predicted molar refractivity (Wildman–Crippen MR) is 151 cm³/mol. The van der Waals surface area contributed by atoms with E-state index in [2.05, 4.69) is 115 Å². The molecule has 2 aliphatic rings. The molecular weight excluding hydrogens is 444 g/mol. The maximum absolute atomic E-state index is 7.71. The summed E-state index contributed by atoms with van der Waals surface area (Å²) in [5.74, 6) is 0.497. The molecule has 2 aromatic carbocycles. The van der Waals surface area contributed by atoms with E-state index in [1.807, 2.05) is 6.26 Å². The molecular formula is C32H44O2Si. The van der Waals surface area contributed by atoms with Gasteiger partial charge < -0.3 is 9.16 Å². The van der Waals surface area contributed by atoms with Crippen molar-refractivity contribution < 1.29 is 9.16 Å². The van der Waals surface area contributed by atoms with Gasteiger partial charge in [-0.25, -0.2) is 0 Å². The minimum atomic E-state index is -2.61. The zero-order chi connectivity index (χ0) is 25.5. The van der Waals surface area contributed by atoms with Crippen molar-refractivity contribution in [3.05, 3.63) is 84.1 Å². The minimum Gasteiger partial charge on any atom is -0.504 e. The Morgan fingerprint density at radius 3 is 1.94 bits per heavy atom. The number of hydrogen-bond acceptors (Lipinski definition) is 2. The van der Waals surface area contributed by atoms with E-state index in [9.17, 15) is 0 Å². The Labute approximate surface area is 214 Å². The molecule has 2 aliphatic carbocycles. The molecule has 0 heterocycles. The Balaban J connectivity index is 1.83. The highest BCUT2D eigenvalue weighted by Crippen LogP contribution is 2.60. The molecule has 0 saturated heterocycles. The van der Waals surface area contributed by atoms with Crippen molar-refractivity contribution in [3.63, 3.8) is 0 Å². The van der Waals surface area contributed by atoms with Crippen molar-refractivity contribution in [1.29, 1.82) is 0 Å². The van der Waals surface area contributed by atoms with Crippen molar-refractivity contribution in [3.8, 4) is 0 Å². The summed E-state index contributed by atoms with van der Waals surface area (Å²) in [6.07, 6.45) is 7.87. The van der Waals surface area contributed by atoms with Crippen LogP contribution in [0.4, 0.5) is 0 Å². The highest BCUT2D eigenvalue weighted by Gasteiger charge is 2.58. The van der Waals surface area contributed by atoms with Crippen molar-refractivity contribution in [2.75, 3.05) is 7.11 Å². The second kappa shape index (κ2) is 9.41. The number of hydrogen-bond donors (Lipinski definition) is 0. The number of methoxy groups -OCH3 is 1. The lowest BCUT2D eigenvalue weighted by molar-refractivity contribution is -0.0738. The molecule has 2 aromatic rings. The topological polar surface area (TPSA) is 18.5 Å². The van der Waals surface area contributed by atoms with Crippen LogP contribution in [-0.4, -0.2) is 21.5 Å². The molecule has 0 N–H and O–H groups in total. The SMILES string of the molecule is CO/C=C1\C(C)=CC[C@H]2C(C)(C)[C@@H](O[Si](c3ccccc3)(c3ccccc3)C(C)(C)C)CC[C@]12C. The van der Waals surface area contributed by atoms with Gasteiger partial charge in [0.05, 0.1) is 19.5 Å². The average Bonchev–Trinajstić information content (AvgIpc) is 2.81. The molecule has 2 nitrogen and oxygen atoms in total. The molecule has 1 fully saturated rings. The van der Waals surface area contributed by atoms with Crippen LogP contribution in [0.25, 0.3) is 0 Å². The molecule has 0 unspecified atom stereocenters. The smallest absolute Gasteiger partial charge is 0.261 e. The van der Waals surface area contributed by atoms with E-state index in [1.54, 1.807) is 7.11 Å². The fraction of sp³-hybridized carbons (Fsp3) is 0.500. The van der Waals surface area contributed by atoms with Gasteiger partial charge in [0.1, 0.15) is 0 Å². The summed E-state index contributed by atoms with van der Waals surface area (Å²) in [4.78, 5) is 0. The molecule has 188 valence electrons. The largest absolute Gasteiger partial charge is 0.504 e. The molecule has 3 heteroatoms. The van der Waals surface area contributed by atoms with Crippen LogP contribution in [0, 0.1) is 16.7 Å². The zero-order valence-electron chi connectivity index (χ0n) is 23.0. The first kappa shape index (κ1) is 26.0. The van der Waals surface area contributed by atoms with Gasteiger partial charge in [0.2, 0.25) is 0 Å². The molecule has 0 bridgehead atoms. The second-order valence-corrected chi connectivity index (χ2v) is 16.7. The highest BCUT2D eigenvalue weighted by atomic mass is 28.4. The molecule has 1 saturated carbocycles. The Bertz CT molecular complexity index is 1040. The van der Waals surface area contributed by atoms with Gasteiger partial charge in [0.25, 0.3) is 8.32 Å². The van der Waals surface area contributed by atoms with Crippen LogP contribution >= 0.6 is 0 Å². The van der Waals surface area contributed by atoms with Gasteiger partial charge in [-0.1, -0.05) is 108 Å². The molecule has 0 radical (unpaired) electrons. The standard InChI is InChI=1S/C32H44O2Si/c1-24-19-20-28-31(5,6)29(21-22-32(28,7)27(24)23-33-8)34-35(30(2,3)4,25-15-11-9-12-16-25)26-17-13-10-14-18-26/h9-19,23,28-29H,20-22H2,1-8H3/b27-23+/t28-,29-,32+/m0/s1. The third-order valence-corrected chi connectivity index (χ3v) is 14.1. The summed E-state index contributed by atoms with van der Waals surface area (Å²) in [6, 6.07) is 22.1. The van der Waals surface area contributed by atoms with Crippen molar-refractivity contribution in [2.24, 2.45) is 16.7 Å². The molecule has 0 aromatic heterocycles. The lowest BCUT2D eigenvalue weighted by Crippen LogP contribution is -2.69. The van der Waals surface area contributed by atoms with Gasteiger partial charge >= 0.3 is 0 Å². The maximum atomic E-state index is 7.71. The molecule has 4 rings (SSSR count). The number of ether oxygens (including phenoxy) is 1. The Morgan fingerprint density at radius 1 is 0.914 bits per heavy atom. The number of allylic oxidation sites excluding steroid dienone is 3. The van der Waals surface area contributed by atoms with Crippen LogP contribution in [0.3, 0.4) is 0 Å². The first-order valence-corrected chi connectivity index (χ1v) is 15.1. The Morgan fingerprint density at radius 2 is 1.46 bits per heavy atom. The fourth-order valence-electron chi connectivity index (χ4n) is 7.22. The van der Waals surface area contributed by atoms with E-state index in [0.29, 0.717) is 5.92 Å². The third kappa shape index (κ3) is 4.25. The highest BCUT2D eigenvalue weighted by molar-refractivity contribution is 6.99. The van der Waals surface area contributed by atoms with Crippen LogP contribution < -0.4 is 10.4 Å². The van der Waals surface area contributed by atoms with Gasteiger partial charge in [-0.15, -0.1) is 0 Å². The summed E-state index contributed by atoms with van der Waals surface area (Å²) in [5.41, 5.74) is 2.86. The van der Waals surface area contributed by atoms with E-state index in [1.165, 1.54) is 21.5 Å². The maximum Gasteiger partial charge on any atom is 0.261 e. The van der Waals surface area contributed by atoms with E-state index >= 15 is 0 Å². The van der Waals surface area contributed by atoms with E-state index in [-0.39, 0.29) is 22.0 Å². The third-order valence-electron chi connectivity index (χ3n) is 9.09. The lowest BCUT2D eigenvalue weighted by Gasteiger charge is -2.59. The van der Waals surface area contributed by atoms with Crippen molar-refractivity contribution >= 4 is 18.7 Å². The van der Waals surface area contributed by atoms with Crippen molar-refractivity contribution in [2.45, 2.75) is 78.9 Å². The average molecular weight is 489 g/mol. The summed E-state index contributed by atoms with van der Waals surface area (Å²) in [6.45, 7) is 16.7. The van der Waals surface area contributed by atoms with E-state index in [0.717, 1.165) is 19.3 Å². The lowest BCUT2D eigenvalue weighted by atomic mass is 9.50. The molecule has 0 spiro atoms. The Kier molecular flexibility index (Phi) is 6.98. The molecule has 0 amide bonds. The number of rotatable bonds is 5. The van der Waals surface area contributed by atoms with Crippen LogP contribution in [0.1, 0.15) is 67.7 Å². The predicted octanol–water partition coefficient (Wildman–Crippen LogP) is 7.25. The zero-order valence-corrected chi connectivity index (χ0v) is 24.0. The van der Waals surface area contributed by atoms with Gasteiger partial charge in [-0.05, 0) is 69.5 Å². The quantitative estimate of drug-likeness (QED) is 0.326. The number of fused-ring (bicyclic) bond motifs is 1. The normalized spacial score (nSPS) is 27.8. The number of benzene rings is 2. The second-order valence-electron chi connectivity index (χ2n) is 12.5. The first-order valence-electron chi connectivity index (χ1n) is 13.2. The van der Waals surface area contributed by atoms with Crippen molar-refractivity contribution in [1.82, 2.24) is 0 Å². The van der Waals surface area contributed by atoms with E-state index in [4.69, 9.17) is 9.16 Å². The van der Waals surface area contributed by atoms with Gasteiger partial charge in [-0.3, -0.25) is 0 Å². The summed E-state index contributed by atoms with van der Waals surface area (Å²) < 4.78 is 13.3. The Hall–Kier alpha value is -2.10. The molecule has 0 aliphatic heterocycles. The monoisotopic (exact) mass is 488 g/mol.